The Labute approximate surface area is 118 Å². The molecule has 0 radical (unpaired) electrons. The summed E-state index contributed by atoms with van der Waals surface area (Å²) in [6, 6.07) is 3.38. The number of ether oxygens (including phenoxy) is 3. The fourth-order valence-corrected chi connectivity index (χ4v) is 2.68. The van der Waals surface area contributed by atoms with E-state index in [4.69, 9.17) is 14.2 Å². The van der Waals surface area contributed by atoms with Crippen molar-refractivity contribution in [3.05, 3.63) is 17.7 Å². The fourth-order valence-electron chi connectivity index (χ4n) is 2.68. The Morgan fingerprint density at radius 3 is 2.15 bits per heavy atom. The molecular formula is C15H20O5. The second-order valence-corrected chi connectivity index (χ2v) is 4.87. The zero-order chi connectivity index (χ0) is 14.7. The highest BCUT2D eigenvalue weighted by atomic mass is 16.5. The first-order valence-corrected chi connectivity index (χ1v) is 6.63. The molecule has 1 saturated carbocycles. The van der Waals surface area contributed by atoms with Crippen molar-refractivity contribution in [1.82, 2.24) is 0 Å². The van der Waals surface area contributed by atoms with Crippen LogP contribution in [0.25, 0.3) is 0 Å². The molecule has 0 spiro atoms. The van der Waals surface area contributed by atoms with Gasteiger partial charge in [-0.3, -0.25) is 4.79 Å². The van der Waals surface area contributed by atoms with Crippen molar-refractivity contribution in [2.24, 2.45) is 5.92 Å². The zero-order valence-electron chi connectivity index (χ0n) is 12.0. The molecule has 0 unspecified atom stereocenters. The molecule has 1 aliphatic rings. The second-order valence-electron chi connectivity index (χ2n) is 4.87. The first kappa shape index (κ1) is 14.7. The third-order valence-electron chi connectivity index (χ3n) is 3.76. The minimum atomic E-state index is -0.835. The van der Waals surface area contributed by atoms with Crippen molar-refractivity contribution in [2.45, 2.75) is 25.4 Å². The van der Waals surface area contributed by atoms with E-state index < -0.39 is 6.10 Å². The number of hydrogen-bond acceptors (Lipinski definition) is 5. The Morgan fingerprint density at radius 1 is 1.15 bits per heavy atom. The predicted molar refractivity (Wildman–Crippen MR) is 73.4 cm³/mol. The summed E-state index contributed by atoms with van der Waals surface area (Å²) in [6.07, 6.45) is 1.27. The van der Waals surface area contributed by atoms with Crippen molar-refractivity contribution in [3.8, 4) is 17.2 Å². The molecule has 1 aliphatic carbocycles. The van der Waals surface area contributed by atoms with Crippen LogP contribution in [0.4, 0.5) is 0 Å². The summed E-state index contributed by atoms with van der Waals surface area (Å²) in [5, 5.41) is 10.4. The number of carbonyl (C=O) groups is 1. The number of benzene rings is 1. The average Bonchev–Trinajstić information content (AvgIpc) is 2.90. The number of carbonyl (C=O) groups excluding carboxylic acids is 1. The molecule has 5 nitrogen and oxygen atoms in total. The maximum absolute atomic E-state index is 11.8. The van der Waals surface area contributed by atoms with Crippen LogP contribution in [-0.4, -0.2) is 32.2 Å². The second kappa shape index (κ2) is 6.13. The van der Waals surface area contributed by atoms with Crippen molar-refractivity contribution in [1.29, 1.82) is 0 Å². The van der Waals surface area contributed by atoms with Gasteiger partial charge in [-0.05, 0) is 30.5 Å². The molecule has 1 aromatic rings. The van der Waals surface area contributed by atoms with Crippen LogP contribution in [0.2, 0.25) is 0 Å². The van der Waals surface area contributed by atoms with Crippen LogP contribution in [0, 0.1) is 5.92 Å². The van der Waals surface area contributed by atoms with Crippen LogP contribution in [-0.2, 0) is 4.79 Å². The highest BCUT2D eigenvalue weighted by Crippen LogP contribution is 2.42. The summed E-state index contributed by atoms with van der Waals surface area (Å²) in [7, 11) is 4.57. The molecule has 0 heterocycles. The fraction of sp³-hybridized carbons (Fsp3) is 0.533. The van der Waals surface area contributed by atoms with E-state index in [1.54, 1.807) is 12.1 Å². The zero-order valence-corrected chi connectivity index (χ0v) is 12.0. The standard InChI is InChI=1S/C15H20O5/c1-18-12-7-9(8-13(19-2)15(12)20-3)14(17)10-5-4-6-11(10)16/h7-8,10,14,17H,4-6H2,1-3H3/t10-,14+/m0/s1. The van der Waals surface area contributed by atoms with E-state index in [1.165, 1.54) is 21.3 Å². The van der Waals surface area contributed by atoms with Gasteiger partial charge in [-0.25, -0.2) is 0 Å². The summed E-state index contributed by atoms with van der Waals surface area (Å²) < 4.78 is 15.8. The van der Waals surface area contributed by atoms with Crippen LogP contribution < -0.4 is 14.2 Å². The Hall–Kier alpha value is -1.75. The lowest BCUT2D eigenvalue weighted by Gasteiger charge is -2.20. The molecular weight excluding hydrogens is 260 g/mol. The van der Waals surface area contributed by atoms with E-state index >= 15 is 0 Å². The Morgan fingerprint density at radius 2 is 1.75 bits per heavy atom. The number of methoxy groups -OCH3 is 3. The lowest BCUT2D eigenvalue weighted by Crippen LogP contribution is -2.17. The third kappa shape index (κ3) is 2.58. The van der Waals surface area contributed by atoms with Gasteiger partial charge in [0.1, 0.15) is 5.78 Å². The smallest absolute Gasteiger partial charge is 0.203 e. The lowest BCUT2D eigenvalue weighted by molar-refractivity contribution is -0.123. The maximum Gasteiger partial charge on any atom is 0.203 e. The van der Waals surface area contributed by atoms with E-state index in [-0.39, 0.29) is 11.7 Å². The number of hydrogen-bond donors (Lipinski definition) is 1. The summed E-state index contributed by atoms with van der Waals surface area (Å²) in [5.74, 6) is 1.21. The highest BCUT2D eigenvalue weighted by Gasteiger charge is 2.32. The van der Waals surface area contributed by atoms with E-state index in [1.807, 2.05) is 0 Å². The normalized spacial score (nSPS) is 19.8. The summed E-state index contributed by atoms with van der Waals surface area (Å²) in [4.78, 5) is 11.8. The highest BCUT2D eigenvalue weighted by molar-refractivity contribution is 5.83. The van der Waals surface area contributed by atoms with Gasteiger partial charge in [0.2, 0.25) is 5.75 Å². The molecule has 110 valence electrons. The van der Waals surface area contributed by atoms with Gasteiger partial charge in [0.05, 0.1) is 27.4 Å². The van der Waals surface area contributed by atoms with Gasteiger partial charge in [0.25, 0.3) is 0 Å². The quantitative estimate of drug-likeness (QED) is 0.895. The molecule has 0 amide bonds. The first-order valence-electron chi connectivity index (χ1n) is 6.63. The van der Waals surface area contributed by atoms with Crippen LogP contribution in [0.1, 0.15) is 30.9 Å². The monoisotopic (exact) mass is 280 g/mol. The average molecular weight is 280 g/mol. The molecule has 0 aliphatic heterocycles. The topological polar surface area (TPSA) is 65.0 Å². The summed E-state index contributed by atoms with van der Waals surface area (Å²) in [5.41, 5.74) is 0.611. The van der Waals surface area contributed by atoms with E-state index in [0.717, 1.165) is 12.8 Å². The molecule has 2 atom stereocenters. The lowest BCUT2D eigenvalue weighted by atomic mass is 9.93. The first-order chi connectivity index (χ1) is 9.62. The van der Waals surface area contributed by atoms with Gasteiger partial charge in [0, 0.05) is 12.3 Å². The molecule has 20 heavy (non-hydrogen) atoms. The van der Waals surface area contributed by atoms with Gasteiger partial charge in [-0.1, -0.05) is 0 Å². The van der Waals surface area contributed by atoms with Crippen LogP contribution in [0.15, 0.2) is 12.1 Å². The molecule has 0 bridgehead atoms. The number of aliphatic hydroxyl groups excluding tert-OH is 1. The number of rotatable bonds is 5. The molecule has 0 aromatic heterocycles. The third-order valence-corrected chi connectivity index (χ3v) is 3.76. The predicted octanol–water partition coefficient (Wildman–Crippen LogP) is 2.11. The SMILES string of the molecule is COc1cc([C@@H](O)[C@H]2CCCC2=O)cc(OC)c1OC. The molecule has 1 fully saturated rings. The minimum Gasteiger partial charge on any atom is -0.493 e. The molecule has 2 rings (SSSR count). The molecule has 1 N–H and O–H groups in total. The number of Topliss-reactive ketones (excluding diaryl/α,β-unsaturated/α-hetero) is 1. The van der Waals surface area contributed by atoms with Gasteiger partial charge in [0.15, 0.2) is 11.5 Å². The maximum atomic E-state index is 11.8. The van der Waals surface area contributed by atoms with Crippen LogP contribution in [0.5, 0.6) is 17.2 Å². The van der Waals surface area contributed by atoms with Crippen molar-refractivity contribution in [2.75, 3.05) is 21.3 Å². The molecule has 0 saturated heterocycles. The molecule has 5 heteroatoms. The number of aliphatic hydroxyl groups is 1. The number of ketones is 1. The van der Waals surface area contributed by atoms with Crippen molar-refractivity contribution >= 4 is 5.78 Å². The minimum absolute atomic E-state index is 0.117. The Kier molecular flexibility index (Phi) is 4.49. The van der Waals surface area contributed by atoms with Crippen molar-refractivity contribution < 1.29 is 24.1 Å². The Bertz CT molecular complexity index is 472. The van der Waals surface area contributed by atoms with E-state index in [2.05, 4.69) is 0 Å². The van der Waals surface area contributed by atoms with Crippen LogP contribution >= 0.6 is 0 Å². The van der Waals surface area contributed by atoms with E-state index in [0.29, 0.717) is 29.2 Å². The van der Waals surface area contributed by atoms with Gasteiger partial charge in [-0.2, -0.15) is 0 Å². The van der Waals surface area contributed by atoms with Gasteiger partial charge < -0.3 is 19.3 Å². The summed E-state index contributed by atoms with van der Waals surface area (Å²) in [6.45, 7) is 0. The van der Waals surface area contributed by atoms with Crippen LogP contribution in [0.3, 0.4) is 0 Å². The van der Waals surface area contributed by atoms with Crippen molar-refractivity contribution in [3.63, 3.8) is 0 Å². The van der Waals surface area contributed by atoms with Gasteiger partial charge >= 0.3 is 0 Å². The van der Waals surface area contributed by atoms with E-state index in [9.17, 15) is 9.90 Å². The Balaban J connectivity index is 2.38. The largest absolute Gasteiger partial charge is 0.493 e. The summed E-state index contributed by atoms with van der Waals surface area (Å²) >= 11 is 0. The molecule has 1 aromatic carbocycles. The van der Waals surface area contributed by atoms with Gasteiger partial charge in [-0.15, -0.1) is 0 Å².